The average molecular weight is 260 g/mol. The predicted octanol–water partition coefficient (Wildman–Crippen LogP) is 1.50. The fourth-order valence-electron chi connectivity index (χ4n) is 1.76. The zero-order valence-electron chi connectivity index (χ0n) is 13.3. The summed E-state index contributed by atoms with van der Waals surface area (Å²) in [4.78, 5) is 11.5. The molecule has 0 atom stereocenters. The van der Waals surface area contributed by atoms with Gasteiger partial charge in [0.25, 0.3) is 0 Å². The van der Waals surface area contributed by atoms with E-state index in [1.165, 1.54) is 0 Å². The Labute approximate surface area is 113 Å². The van der Waals surface area contributed by atoms with Gasteiger partial charge >= 0.3 is 5.97 Å². The van der Waals surface area contributed by atoms with Gasteiger partial charge in [0.15, 0.2) is 6.10 Å². The van der Waals surface area contributed by atoms with E-state index in [1.807, 2.05) is 6.92 Å². The topological polar surface area (TPSA) is 26.3 Å². The smallest absolute Gasteiger partial charge is 0.306 e. The number of likely N-dealkylation sites (N-methyl/N-ethyl adjacent to an activating group) is 2. The van der Waals surface area contributed by atoms with E-state index in [4.69, 9.17) is 4.74 Å². The first-order valence-electron chi connectivity index (χ1n) is 6.99. The van der Waals surface area contributed by atoms with Crippen LogP contribution in [-0.4, -0.2) is 75.4 Å². The maximum atomic E-state index is 11.5. The average Bonchev–Trinajstić information content (AvgIpc) is 2.27. The summed E-state index contributed by atoms with van der Waals surface area (Å²) in [5, 5.41) is 0. The van der Waals surface area contributed by atoms with E-state index in [-0.39, 0.29) is 12.1 Å². The molecule has 0 saturated heterocycles. The normalized spacial score (nSPS) is 12.9. The van der Waals surface area contributed by atoms with Crippen LogP contribution in [0.5, 0.6) is 0 Å². The van der Waals surface area contributed by atoms with Gasteiger partial charge in [-0.3, -0.25) is 4.79 Å². The molecule has 0 radical (unpaired) electrons. The quantitative estimate of drug-likeness (QED) is 0.488. The lowest BCUT2D eigenvalue weighted by atomic mass is 10.2. The summed E-state index contributed by atoms with van der Waals surface area (Å²) < 4.78 is 7.37. The van der Waals surface area contributed by atoms with Crippen LogP contribution in [0.25, 0.3) is 0 Å². The molecule has 0 amide bonds. The zero-order chi connectivity index (χ0) is 14.4. The maximum absolute atomic E-state index is 11.5. The molecule has 0 aliphatic rings. The van der Waals surface area contributed by atoms with Gasteiger partial charge in [-0.1, -0.05) is 6.92 Å². The number of esters is 1. The zero-order valence-corrected chi connectivity index (χ0v) is 13.3. The number of carbonyl (C=O) groups excluding carboxylic acids is 1. The van der Waals surface area contributed by atoms with Gasteiger partial charge in [-0.05, 0) is 13.8 Å². The van der Waals surface area contributed by atoms with Gasteiger partial charge < -0.3 is 13.7 Å². The van der Waals surface area contributed by atoms with Crippen molar-refractivity contribution in [2.45, 2.75) is 33.3 Å². The molecule has 0 aromatic heterocycles. The Morgan fingerprint density at radius 2 is 1.33 bits per heavy atom. The van der Waals surface area contributed by atoms with Gasteiger partial charge in [-0.2, -0.15) is 0 Å². The highest BCUT2D eigenvalue weighted by Crippen LogP contribution is 2.09. The highest BCUT2D eigenvalue weighted by atomic mass is 16.5. The Balaban J connectivity index is 4.67. The number of carbonyl (C=O) groups is 1. The van der Waals surface area contributed by atoms with Crippen LogP contribution in [0.4, 0.5) is 0 Å². The molecule has 0 rings (SSSR count). The van der Waals surface area contributed by atoms with E-state index in [1.54, 1.807) is 0 Å². The Morgan fingerprint density at radius 3 is 1.61 bits per heavy atom. The van der Waals surface area contributed by atoms with Crippen LogP contribution in [0.1, 0.15) is 27.2 Å². The molecular formula is C14H32N2O2+2. The molecule has 0 aromatic carbocycles. The van der Waals surface area contributed by atoms with Crippen LogP contribution in [0.15, 0.2) is 0 Å². The van der Waals surface area contributed by atoms with E-state index in [9.17, 15) is 4.79 Å². The van der Waals surface area contributed by atoms with E-state index in [0.29, 0.717) is 6.42 Å². The summed E-state index contributed by atoms with van der Waals surface area (Å²) in [6.07, 6.45) is 0.456. The van der Waals surface area contributed by atoms with Crippen molar-refractivity contribution in [2.24, 2.45) is 0 Å². The molecule has 0 saturated carbocycles. The number of nitrogens with zero attached hydrogens (tertiary/aromatic N) is 2. The second-order valence-corrected chi connectivity index (χ2v) is 6.33. The van der Waals surface area contributed by atoms with Gasteiger partial charge in [0, 0.05) is 6.42 Å². The van der Waals surface area contributed by atoms with E-state index in [2.05, 4.69) is 42.0 Å². The lowest BCUT2D eigenvalue weighted by Crippen LogP contribution is -2.53. The first-order valence-corrected chi connectivity index (χ1v) is 6.99. The molecular weight excluding hydrogens is 228 g/mol. The second kappa shape index (κ2) is 7.10. The standard InChI is InChI=1S/C14H32N2O2/c1-8-14(17)18-13(11-15(4,5)9-2)12-16(6,7)10-3/h13H,8-12H2,1-7H3/q+2. The van der Waals surface area contributed by atoms with E-state index in [0.717, 1.165) is 35.1 Å². The van der Waals surface area contributed by atoms with Crippen LogP contribution in [-0.2, 0) is 9.53 Å². The number of ether oxygens (including phenoxy) is 1. The third-order valence-electron chi connectivity index (χ3n) is 3.69. The van der Waals surface area contributed by atoms with Crippen molar-refractivity contribution in [2.75, 3.05) is 54.4 Å². The minimum Gasteiger partial charge on any atom is -0.450 e. The number of hydrogen-bond acceptors (Lipinski definition) is 2. The van der Waals surface area contributed by atoms with Crippen molar-refractivity contribution >= 4 is 5.97 Å². The molecule has 4 nitrogen and oxygen atoms in total. The molecule has 0 aliphatic heterocycles. The predicted molar refractivity (Wildman–Crippen MR) is 75.2 cm³/mol. The van der Waals surface area contributed by atoms with E-state index >= 15 is 0 Å². The van der Waals surface area contributed by atoms with Gasteiger partial charge in [-0.15, -0.1) is 0 Å². The Hall–Kier alpha value is -0.610. The summed E-state index contributed by atoms with van der Waals surface area (Å²) in [5.41, 5.74) is 0. The molecule has 0 aromatic rings. The van der Waals surface area contributed by atoms with Crippen LogP contribution in [0.2, 0.25) is 0 Å². The van der Waals surface area contributed by atoms with Crippen LogP contribution < -0.4 is 0 Å². The third-order valence-corrected chi connectivity index (χ3v) is 3.69. The van der Waals surface area contributed by atoms with Crippen molar-refractivity contribution in [3.8, 4) is 0 Å². The maximum Gasteiger partial charge on any atom is 0.306 e. The molecule has 0 unspecified atom stereocenters. The lowest BCUT2D eigenvalue weighted by molar-refractivity contribution is -0.912. The summed E-state index contributed by atoms with van der Waals surface area (Å²) >= 11 is 0. The molecule has 0 fully saturated rings. The van der Waals surface area contributed by atoms with Crippen molar-refractivity contribution < 1.29 is 18.5 Å². The monoisotopic (exact) mass is 260 g/mol. The minimum atomic E-state index is -0.0905. The van der Waals surface area contributed by atoms with Crippen molar-refractivity contribution in [3.05, 3.63) is 0 Å². The summed E-state index contributed by atoms with van der Waals surface area (Å²) in [6.45, 7) is 10.0. The fraction of sp³-hybridized carbons (Fsp3) is 0.929. The van der Waals surface area contributed by atoms with E-state index < -0.39 is 0 Å². The molecule has 0 bridgehead atoms. The Bertz CT molecular complexity index is 245. The van der Waals surface area contributed by atoms with Crippen LogP contribution >= 0.6 is 0 Å². The molecule has 0 N–H and O–H groups in total. The Morgan fingerprint density at radius 1 is 0.944 bits per heavy atom. The minimum absolute atomic E-state index is 0.00218. The molecule has 108 valence electrons. The lowest BCUT2D eigenvalue weighted by Gasteiger charge is -2.36. The van der Waals surface area contributed by atoms with Crippen LogP contribution in [0.3, 0.4) is 0 Å². The number of rotatable bonds is 8. The second-order valence-electron chi connectivity index (χ2n) is 6.33. The first-order chi connectivity index (χ1) is 8.15. The van der Waals surface area contributed by atoms with Gasteiger partial charge in [-0.25, -0.2) is 0 Å². The number of hydrogen-bond donors (Lipinski definition) is 0. The summed E-state index contributed by atoms with van der Waals surface area (Å²) in [7, 11) is 8.72. The molecule has 4 heteroatoms. The molecule has 0 aliphatic carbocycles. The first kappa shape index (κ1) is 17.4. The molecule has 0 heterocycles. The molecule has 0 spiro atoms. The van der Waals surface area contributed by atoms with Crippen molar-refractivity contribution in [1.29, 1.82) is 0 Å². The summed E-state index contributed by atoms with van der Waals surface area (Å²) in [6, 6.07) is 0. The van der Waals surface area contributed by atoms with Gasteiger partial charge in [0.2, 0.25) is 0 Å². The molecule has 18 heavy (non-hydrogen) atoms. The largest absolute Gasteiger partial charge is 0.450 e. The highest BCUT2D eigenvalue weighted by molar-refractivity contribution is 5.69. The van der Waals surface area contributed by atoms with Crippen molar-refractivity contribution in [1.82, 2.24) is 0 Å². The number of quaternary nitrogens is 2. The van der Waals surface area contributed by atoms with Crippen molar-refractivity contribution in [3.63, 3.8) is 0 Å². The van der Waals surface area contributed by atoms with Gasteiger partial charge in [0.05, 0.1) is 41.3 Å². The summed E-state index contributed by atoms with van der Waals surface area (Å²) in [5.74, 6) is -0.0905. The fourth-order valence-corrected chi connectivity index (χ4v) is 1.76. The Kier molecular flexibility index (Phi) is 6.86. The SMILES string of the molecule is CCC(=O)OC(C[N+](C)(C)CC)C[N+](C)(C)CC. The third kappa shape index (κ3) is 6.97. The highest BCUT2D eigenvalue weighted by Gasteiger charge is 2.29. The van der Waals surface area contributed by atoms with Crippen LogP contribution in [0, 0.1) is 0 Å². The van der Waals surface area contributed by atoms with Gasteiger partial charge in [0.1, 0.15) is 13.1 Å².